The minimum atomic E-state index is -3.51. The third-order valence-electron chi connectivity index (χ3n) is 5.43. The van der Waals surface area contributed by atoms with E-state index in [9.17, 15) is 13.2 Å². The van der Waals surface area contributed by atoms with Crippen LogP contribution in [0.4, 0.5) is 0 Å². The molecule has 1 aromatic heterocycles. The Morgan fingerprint density at radius 3 is 2.42 bits per heavy atom. The molecular weight excluding hydrogens is 416 g/mol. The highest BCUT2D eigenvalue weighted by Gasteiger charge is 2.38. The minimum Gasteiger partial charge on any atom is -0.340 e. The molecule has 9 heteroatoms. The van der Waals surface area contributed by atoms with Crippen molar-refractivity contribution in [3.05, 3.63) is 47.6 Å². The van der Waals surface area contributed by atoms with Crippen LogP contribution < -0.4 is 10.0 Å². The molecule has 0 atom stereocenters. The molecule has 2 aromatic rings. The second-order valence-electron chi connectivity index (χ2n) is 7.92. The number of sulfonamides is 1. The van der Waals surface area contributed by atoms with Crippen LogP contribution in [0.5, 0.6) is 0 Å². The average Bonchev–Trinajstić information content (AvgIpc) is 3.06. The lowest BCUT2D eigenvalue weighted by Crippen LogP contribution is -2.45. The van der Waals surface area contributed by atoms with E-state index in [0.717, 1.165) is 50.5 Å². The minimum absolute atomic E-state index is 0.201. The van der Waals surface area contributed by atoms with Gasteiger partial charge in [0.1, 0.15) is 5.54 Å². The van der Waals surface area contributed by atoms with Crippen LogP contribution in [-0.4, -0.2) is 31.0 Å². The van der Waals surface area contributed by atoms with E-state index in [1.807, 2.05) is 6.92 Å². The Hall–Kier alpha value is -2.52. The van der Waals surface area contributed by atoms with Crippen molar-refractivity contribution >= 4 is 22.0 Å². The van der Waals surface area contributed by atoms with E-state index in [1.165, 1.54) is 18.2 Å². The zero-order valence-corrected chi connectivity index (χ0v) is 18.9. The van der Waals surface area contributed by atoms with Gasteiger partial charge in [0.25, 0.3) is 0 Å². The lowest BCUT2D eigenvalue weighted by molar-refractivity contribution is -0.118. The van der Waals surface area contributed by atoms with Gasteiger partial charge in [0, 0.05) is 19.5 Å². The molecule has 168 valence electrons. The van der Waals surface area contributed by atoms with Crippen molar-refractivity contribution in [1.82, 2.24) is 20.2 Å². The number of benzene rings is 1. The fraction of sp³-hybridized carbons (Fsp3) is 0.500. The molecular formula is C22H30N4O4S. The van der Waals surface area contributed by atoms with E-state index in [-0.39, 0.29) is 10.8 Å². The Bertz CT molecular complexity index is 1000. The molecule has 8 nitrogen and oxygen atoms in total. The highest BCUT2D eigenvalue weighted by atomic mass is 32.2. The number of hydrogen-bond acceptors (Lipinski definition) is 6. The van der Waals surface area contributed by atoms with Crippen molar-refractivity contribution < 1.29 is 17.7 Å². The number of nitrogens with zero attached hydrogens (tertiary/aromatic N) is 2. The van der Waals surface area contributed by atoms with E-state index in [2.05, 4.69) is 20.2 Å². The predicted molar refractivity (Wildman–Crippen MR) is 118 cm³/mol. The summed E-state index contributed by atoms with van der Waals surface area (Å²) < 4.78 is 32.1. The number of aryl methyl sites for hydroxylation is 1. The molecule has 3 rings (SSSR count). The molecule has 1 heterocycles. The van der Waals surface area contributed by atoms with E-state index < -0.39 is 15.6 Å². The molecule has 1 amide bonds. The third kappa shape index (κ3) is 6.01. The fourth-order valence-corrected chi connectivity index (χ4v) is 4.89. The van der Waals surface area contributed by atoms with E-state index in [0.29, 0.717) is 18.3 Å². The van der Waals surface area contributed by atoms with Gasteiger partial charge >= 0.3 is 0 Å². The number of hydrogen-bond donors (Lipinski definition) is 2. The van der Waals surface area contributed by atoms with E-state index >= 15 is 0 Å². The van der Waals surface area contributed by atoms with Gasteiger partial charge < -0.3 is 9.84 Å². The van der Waals surface area contributed by atoms with Crippen molar-refractivity contribution in [2.75, 3.05) is 6.54 Å². The first-order valence-electron chi connectivity index (χ1n) is 10.8. The van der Waals surface area contributed by atoms with Crippen LogP contribution in [0.2, 0.25) is 0 Å². The molecule has 1 fully saturated rings. The quantitative estimate of drug-likeness (QED) is 0.474. The Morgan fingerprint density at radius 1 is 1.16 bits per heavy atom. The average molecular weight is 447 g/mol. The van der Waals surface area contributed by atoms with Crippen molar-refractivity contribution in [2.45, 2.75) is 69.2 Å². The maximum Gasteiger partial charge on any atom is 0.244 e. The number of aromatic nitrogens is 2. The molecule has 1 aromatic carbocycles. The number of nitrogens with one attached hydrogen (secondary N) is 2. The first-order valence-corrected chi connectivity index (χ1v) is 12.2. The first kappa shape index (κ1) is 23.1. The van der Waals surface area contributed by atoms with Crippen LogP contribution >= 0.6 is 0 Å². The van der Waals surface area contributed by atoms with Gasteiger partial charge in [-0.15, -0.1) is 0 Å². The van der Waals surface area contributed by atoms with Gasteiger partial charge in [-0.05, 0) is 43.0 Å². The standard InChI is InChI=1S/C22H30N4O4S/c1-3-16-23-31(28,29)19-11-8-18(9-12-19)10-13-20(27)25-22(14-6-4-5-7-15-22)21-24-17(2)30-26-21/h8-13,23H,3-7,14-16H2,1-2H3,(H,25,27)/b13-10+. The molecule has 0 unspecified atom stereocenters. The van der Waals surface area contributed by atoms with E-state index in [1.54, 1.807) is 25.1 Å². The van der Waals surface area contributed by atoms with Crippen molar-refractivity contribution in [2.24, 2.45) is 0 Å². The summed E-state index contributed by atoms with van der Waals surface area (Å²) in [6, 6.07) is 6.41. The molecule has 1 aliphatic carbocycles. The summed E-state index contributed by atoms with van der Waals surface area (Å²) in [6.07, 6.45) is 9.58. The molecule has 0 aliphatic heterocycles. The Morgan fingerprint density at radius 2 is 1.84 bits per heavy atom. The van der Waals surface area contributed by atoms with Crippen LogP contribution in [0, 0.1) is 6.92 Å². The lowest BCUT2D eigenvalue weighted by atomic mass is 9.89. The Kier molecular flexibility index (Phi) is 7.61. The van der Waals surface area contributed by atoms with Crippen molar-refractivity contribution in [3.8, 4) is 0 Å². The van der Waals surface area contributed by atoms with Crippen LogP contribution in [0.1, 0.15) is 69.1 Å². The maximum atomic E-state index is 12.7. The Balaban J connectivity index is 1.71. The maximum absolute atomic E-state index is 12.7. The van der Waals surface area contributed by atoms with Crippen LogP contribution in [-0.2, 0) is 20.4 Å². The second-order valence-corrected chi connectivity index (χ2v) is 9.69. The summed E-state index contributed by atoms with van der Waals surface area (Å²) in [4.78, 5) is 17.3. The molecule has 0 bridgehead atoms. The summed E-state index contributed by atoms with van der Waals surface area (Å²) in [6.45, 7) is 4.04. The fourth-order valence-electron chi connectivity index (χ4n) is 3.76. The normalized spacial score (nSPS) is 16.8. The van der Waals surface area contributed by atoms with Crippen molar-refractivity contribution in [3.63, 3.8) is 0 Å². The molecule has 0 spiro atoms. The molecule has 0 saturated heterocycles. The predicted octanol–water partition coefficient (Wildman–Crippen LogP) is 3.45. The lowest BCUT2D eigenvalue weighted by Gasteiger charge is -2.30. The van der Waals surface area contributed by atoms with Gasteiger partial charge in [-0.3, -0.25) is 4.79 Å². The third-order valence-corrected chi connectivity index (χ3v) is 6.91. The molecule has 31 heavy (non-hydrogen) atoms. The monoisotopic (exact) mass is 446 g/mol. The number of amides is 1. The summed E-state index contributed by atoms with van der Waals surface area (Å²) in [7, 11) is -3.51. The number of rotatable bonds is 8. The van der Waals surface area contributed by atoms with Gasteiger partial charge in [-0.2, -0.15) is 4.98 Å². The molecule has 0 radical (unpaired) electrons. The van der Waals surface area contributed by atoms with Gasteiger partial charge in [0.05, 0.1) is 4.90 Å². The van der Waals surface area contributed by atoms with Gasteiger partial charge in [0.2, 0.25) is 21.8 Å². The molecule has 1 saturated carbocycles. The van der Waals surface area contributed by atoms with Crippen LogP contribution in [0.25, 0.3) is 6.08 Å². The smallest absolute Gasteiger partial charge is 0.244 e. The Labute approximate surface area is 183 Å². The highest BCUT2D eigenvalue weighted by Crippen LogP contribution is 2.34. The van der Waals surface area contributed by atoms with Crippen LogP contribution in [0.15, 0.2) is 39.8 Å². The topological polar surface area (TPSA) is 114 Å². The first-order chi connectivity index (χ1) is 14.8. The largest absolute Gasteiger partial charge is 0.340 e. The summed E-state index contributed by atoms with van der Waals surface area (Å²) >= 11 is 0. The summed E-state index contributed by atoms with van der Waals surface area (Å²) in [5, 5.41) is 7.21. The zero-order chi connectivity index (χ0) is 22.3. The van der Waals surface area contributed by atoms with Gasteiger partial charge in [-0.25, -0.2) is 13.1 Å². The zero-order valence-electron chi connectivity index (χ0n) is 18.1. The summed E-state index contributed by atoms with van der Waals surface area (Å²) in [5.74, 6) is 0.764. The van der Waals surface area contributed by atoms with Gasteiger partial charge in [-0.1, -0.05) is 49.9 Å². The second kappa shape index (κ2) is 10.2. The van der Waals surface area contributed by atoms with Crippen LogP contribution in [0.3, 0.4) is 0 Å². The SMILES string of the molecule is CCCNS(=O)(=O)c1ccc(/C=C/C(=O)NC2(c3noc(C)n3)CCCCCC2)cc1. The number of carbonyl (C=O) groups excluding carboxylic acids is 1. The summed E-state index contributed by atoms with van der Waals surface area (Å²) in [5.41, 5.74) is 0.105. The van der Waals surface area contributed by atoms with E-state index in [4.69, 9.17) is 4.52 Å². The number of carbonyl (C=O) groups is 1. The molecule has 2 N–H and O–H groups in total. The highest BCUT2D eigenvalue weighted by molar-refractivity contribution is 7.89. The van der Waals surface area contributed by atoms with Crippen molar-refractivity contribution in [1.29, 1.82) is 0 Å². The molecule has 1 aliphatic rings. The van der Waals surface area contributed by atoms with Gasteiger partial charge in [0.15, 0.2) is 5.82 Å².